The summed E-state index contributed by atoms with van der Waals surface area (Å²) in [7, 11) is -0.939. The summed E-state index contributed by atoms with van der Waals surface area (Å²) in [4.78, 5) is 17.7. The van der Waals surface area contributed by atoms with E-state index in [4.69, 9.17) is 20.7 Å². The van der Waals surface area contributed by atoms with Crippen LogP contribution in [0, 0.1) is 13.8 Å². The molecule has 8 heteroatoms. The van der Waals surface area contributed by atoms with Gasteiger partial charge in [0.15, 0.2) is 5.43 Å². The Morgan fingerprint density at radius 2 is 2.00 bits per heavy atom. The Morgan fingerprint density at radius 1 is 1.17 bits per heavy atom. The minimum absolute atomic E-state index is 0.0471. The first-order valence-corrected chi connectivity index (χ1v) is 12.2. The molecule has 0 unspecified atom stereocenters. The Kier molecular flexibility index (Phi) is 5.44. The lowest BCUT2D eigenvalue weighted by Gasteiger charge is -2.15. The van der Waals surface area contributed by atoms with E-state index in [-0.39, 0.29) is 5.43 Å². The van der Waals surface area contributed by atoms with Crippen molar-refractivity contribution in [1.82, 2.24) is 4.98 Å². The van der Waals surface area contributed by atoms with Crippen molar-refractivity contribution in [1.29, 1.82) is 0 Å². The predicted octanol–water partition coefficient (Wildman–Crippen LogP) is 4.83. The highest BCUT2D eigenvalue weighted by Gasteiger charge is 2.30. The Hall–Kier alpha value is -3.13. The van der Waals surface area contributed by atoms with E-state index in [0.717, 1.165) is 57.6 Å². The monoisotopic (exact) mass is 486 g/mol. The SMILES string of the molecule is Cc1cc(CNc2ccc(Cl)nc2-c2ccc3c(c2)B(O)OC3)c2oc(C3CC3)c(C)c(=O)c2c1. The van der Waals surface area contributed by atoms with E-state index in [9.17, 15) is 9.82 Å². The number of nitrogens with one attached hydrogen (secondary N) is 1. The van der Waals surface area contributed by atoms with Crippen LogP contribution in [0.4, 0.5) is 5.69 Å². The summed E-state index contributed by atoms with van der Waals surface area (Å²) in [6.07, 6.45) is 2.13. The molecule has 6 rings (SSSR count). The Morgan fingerprint density at radius 3 is 2.80 bits per heavy atom. The highest BCUT2D eigenvalue weighted by atomic mass is 35.5. The minimum atomic E-state index is -0.939. The maximum atomic E-state index is 13.1. The molecule has 0 radical (unpaired) electrons. The summed E-state index contributed by atoms with van der Waals surface area (Å²) < 4.78 is 11.7. The van der Waals surface area contributed by atoms with Crippen molar-refractivity contribution in [2.75, 3.05) is 5.32 Å². The van der Waals surface area contributed by atoms with Gasteiger partial charge < -0.3 is 19.4 Å². The zero-order valence-electron chi connectivity index (χ0n) is 19.5. The lowest BCUT2D eigenvalue weighted by atomic mass is 9.78. The molecule has 0 amide bonds. The first-order chi connectivity index (χ1) is 16.9. The van der Waals surface area contributed by atoms with Gasteiger partial charge in [-0.1, -0.05) is 35.9 Å². The summed E-state index contributed by atoms with van der Waals surface area (Å²) >= 11 is 6.25. The third-order valence-electron chi connectivity index (χ3n) is 6.84. The third kappa shape index (κ3) is 4.03. The van der Waals surface area contributed by atoms with E-state index in [2.05, 4.69) is 16.4 Å². The van der Waals surface area contributed by atoms with Crippen LogP contribution in [0.15, 0.2) is 51.7 Å². The van der Waals surface area contributed by atoms with Crippen LogP contribution in [0.25, 0.3) is 22.2 Å². The number of rotatable bonds is 5. The molecular formula is C27H24BClN2O4. The molecule has 0 spiro atoms. The van der Waals surface area contributed by atoms with Crippen LogP contribution >= 0.6 is 11.6 Å². The number of hydrogen-bond acceptors (Lipinski definition) is 6. The number of aromatic nitrogens is 1. The maximum Gasteiger partial charge on any atom is 0.491 e. The average Bonchev–Trinajstić information content (AvgIpc) is 3.63. The molecule has 2 aromatic carbocycles. The molecule has 0 saturated heterocycles. The maximum absolute atomic E-state index is 13.1. The van der Waals surface area contributed by atoms with E-state index in [1.165, 1.54) is 0 Å². The third-order valence-corrected chi connectivity index (χ3v) is 7.05. The summed E-state index contributed by atoms with van der Waals surface area (Å²) in [6.45, 7) is 4.68. The van der Waals surface area contributed by atoms with Gasteiger partial charge in [0.1, 0.15) is 16.5 Å². The minimum Gasteiger partial charge on any atom is -0.460 e. The van der Waals surface area contributed by atoms with Crippen LogP contribution in [0.3, 0.4) is 0 Å². The first-order valence-electron chi connectivity index (χ1n) is 11.8. The first kappa shape index (κ1) is 22.3. The van der Waals surface area contributed by atoms with E-state index in [1.807, 2.05) is 44.2 Å². The number of fused-ring (bicyclic) bond motifs is 2. The summed E-state index contributed by atoms with van der Waals surface area (Å²) in [5, 5.41) is 14.6. The summed E-state index contributed by atoms with van der Waals surface area (Å²) in [5.41, 5.74) is 7.31. The number of nitrogens with zero attached hydrogens (tertiary/aromatic N) is 1. The largest absolute Gasteiger partial charge is 0.491 e. The van der Waals surface area contributed by atoms with Crippen LogP contribution in [0.1, 0.15) is 46.8 Å². The van der Waals surface area contributed by atoms with Crippen LogP contribution in [-0.2, 0) is 17.8 Å². The van der Waals surface area contributed by atoms with Gasteiger partial charge in [-0.3, -0.25) is 4.79 Å². The second-order valence-corrected chi connectivity index (χ2v) is 9.84. The standard InChI is InChI=1S/C27H24BClN2O4/c1-14-9-19(27-20(10-14)25(32)15(2)26(35-27)16-3-4-16)12-30-22-7-8-23(29)31-24(22)17-5-6-18-13-34-28(33)21(18)11-17/h5-11,16,30,33H,3-4,12-13H2,1-2H3. The highest BCUT2D eigenvalue weighted by Crippen LogP contribution is 2.42. The van der Waals surface area contributed by atoms with Crippen LogP contribution in [-0.4, -0.2) is 17.1 Å². The number of anilines is 1. The van der Waals surface area contributed by atoms with Gasteiger partial charge in [0, 0.05) is 29.2 Å². The molecule has 176 valence electrons. The van der Waals surface area contributed by atoms with Crippen molar-refractivity contribution in [3.05, 3.63) is 85.9 Å². The molecule has 1 aliphatic carbocycles. The van der Waals surface area contributed by atoms with Gasteiger partial charge in [0.2, 0.25) is 0 Å². The summed E-state index contributed by atoms with van der Waals surface area (Å²) in [6, 6.07) is 13.4. The smallest absolute Gasteiger partial charge is 0.460 e. The fourth-order valence-corrected chi connectivity index (χ4v) is 5.00. The van der Waals surface area contributed by atoms with Crippen molar-refractivity contribution >= 4 is 40.8 Å². The zero-order valence-corrected chi connectivity index (χ0v) is 20.3. The molecule has 1 aliphatic heterocycles. The molecular weight excluding hydrogens is 463 g/mol. The Balaban J connectivity index is 1.39. The molecule has 4 aromatic rings. The predicted molar refractivity (Wildman–Crippen MR) is 138 cm³/mol. The number of hydrogen-bond donors (Lipinski definition) is 2. The van der Waals surface area contributed by atoms with Gasteiger partial charge in [0.05, 0.1) is 23.4 Å². The Bertz CT molecular complexity index is 1550. The van der Waals surface area contributed by atoms with Crippen molar-refractivity contribution in [2.24, 2.45) is 0 Å². The van der Waals surface area contributed by atoms with Crippen LogP contribution in [0.5, 0.6) is 0 Å². The molecule has 0 atom stereocenters. The molecule has 2 aromatic heterocycles. The topological polar surface area (TPSA) is 84.6 Å². The van der Waals surface area contributed by atoms with Gasteiger partial charge in [-0.15, -0.1) is 0 Å². The zero-order chi connectivity index (χ0) is 24.3. The van der Waals surface area contributed by atoms with Crippen LogP contribution < -0.4 is 16.2 Å². The van der Waals surface area contributed by atoms with Crippen molar-refractivity contribution in [3.63, 3.8) is 0 Å². The van der Waals surface area contributed by atoms with E-state index < -0.39 is 7.12 Å². The van der Waals surface area contributed by atoms with Gasteiger partial charge in [-0.2, -0.15) is 0 Å². The fourth-order valence-electron chi connectivity index (χ4n) is 4.85. The van der Waals surface area contributed by atoms with Crippen LogP contribution in [0.2, 0.25) is 5.15 Å². The summed E-state index contributed by atoms with van der Waals surface area (Å²) in [5.74, 6) is 1.17. The van der Waals surface area contributed by atoms with Gasteiger partial charge >= 0.3 is 7.12 Å². The molecule has 1 fully saturated rings. The van der Waals surface area contributed by atoms with E-state index in [0.29, 0.717) is 40.9 Å². The van der Waals surface area contributed by atoms with Crippen molar-refractivity contribution < 1.29 is 14.1 Å². The molecule has 2 aliphatic rings. The normalized spacial score (nSPS) is 15.0. The molecule has 1 saturated carbocycles. The lowest BCUT2D eigenvalue weighted by Crippen LogP contribution is -2.28. The van der Waals surface area contributed by atoms with E-state index >= 15 is 0 Å². The highest BCUT2D eigenvalue weighted by molar-refractivity contribution is 6.61. The molecule has 0 bridgehead atoms. The number of halogens is 1. The molecule has 2 N–H and O–H groups in total. The van der Waals surface area contributed by atoms with Crippen molar-refractivity contribution in [2.45, 2.75) is 45.8 Å². The van der Waals surface area contributed by atoms with E-state index in [1.54, 1.807) is 6.07 Å². The average molecular weight is 487 g/mol. The fraction of sp³-hybridized carbons (Fsp3) is 0.259. The lowest BCUT2D eigenvalue weighted by molar-refractivity contribution is 0.275. The number of aryl methyl sites for hydroxylation is 1. The second-order valence-electron chi connectivity index (χ2n) is 9.46. The molecule has 6 nitrogen and oxygen atoms in total. The van der Waals surface area contributed by atoms with Gasteiger partial charge in [0.25, 0.3) is 0 Å². The second kappa shape index (κ2) is 8.52. The molecule has 35 heavy (non-hydrogen) atoms. The quantitative estimate of drug-likeness (QED) is 0.310. The molecule has 3 heterocycles. The van der Waals surface area contributed by atoms with Gasteiger partial charge in [-0.05, 0) is 61.5 Å². The van der Waals surface area contributed by atoms with Gasteiger partial charge in [-0.25, -0.2) is 4.98 Å². The number of pyridine rings is 1. The number of benzene rings is 2. The Labute approximate surface area is 208 Å². The van der Waals surface area contributed by atoms with Crippen molar-refractivity contribution in [3.8, 4) is 11.3 Å².